The summed E-state index contributed by atoms with van der Waals surface area (Å²) in [5.74, 6) is -0.189. The van der Waals surface area contributed by atoms with Crippen LogP contribution in [0.4, 0.5) is 0 Å². The molecular formula is C25H29NO6. The molecule has 1 aliphatic rings. The van der Waals surface area contributed by atoms with E-state index in [-0.39, 0.29) is 11.3 Å². The predicted octanol–water partition coefficient (Wildman–Crippen LogP) is 3.94. The Hall–Kier alpha value is -3.32. The number of methoxy groups -OCH3 is 1. The number of rotatable bonds is 10. The average molecular weight is 440 g/mol. The van der Waals surface area contributed by atoms with Gasteiger partial charge in [0.1, 0.15) is 17.3 Å². The minimum atomic E-state index is -0.701. The number of likely N-dealkylation sites (tertiary alicyclic amines) is 1. The van der Waals surface area contributed by atoms with Crippen LogP contribution in [0.3, 0.4) is 0 Å². The number of nitrogens with zero attached hydrogens (tertiary/aromatic N) is 1. The summed E-state index contributed by atoms with van der Waals surface area (Å²) in [6.07, 6.45) is 0.570. The Morgan fingerprint density at radius 1 is 0.938 bits per heavy atom. The number of aliphatic hydroxyl groups is 1. The van der Waals surface area contributed by atoms with Crippen LogP contribution in [-0.2, 0) is 14.3 Å². The first-order chi connectivity index (χ1) is 15.5. The van der Waals surface area contributed by atoms with Crippen LogP contribution >= 0.6 is 0 Å². The minimum Gasteiger partial charge on any atom is -0.507 e. The van der Waals surface area contributed by atoms with Gasteiger partial charge in [0, 0.05) is 25.8 Å². The maximum absolute atomic E-state index is 13.0. The second kappa shape index (κ2) is 10.8. The van der Waals surface area contributed by atoms with Gasteiger partial charge in [-0.25, -0.2) is 0 Å². The summed E-state index contributed by atoms with van der Waals surface area (Å²) in [6, 6.07) is 13.3. The molecule has 1 fully saturated rings. The van der Waals surface area contributed by atoms with Crippen molar-refractivity contribution in [3.8, 4) is 11.5 Å². The molecule has 1 heterocycles. The van der Waals surface area contributed by atoms with E-state index in [0.29, 0.717) is 49.8 Å². The molecule has 0 aliphatic carbocycles. The zero-order valence-electron chi connectivity index (χ0n) is 18.7. The van der Waals surface area contributed by atoms with Crippen LogP contribution in [0.1, 0.15) is 37.4 Å². The van der Waals surface area contributed by atoms with E-state index in [0.717, 1.165) is 5.56 Å². The summed E-state index contributed by atoms with van der Waals surface area (Å²) in [5.41, 5.74) is 1.23. The van der Waals surface area contributed by atoms with Crippen LogP contribution in [0, 0.1) is 0 Å². The number of carbonyl (C=O) groups is 2. The van der Waals surface area contributed by atoms with Crippen LogP contribution < -0.4 is 9.47 Å². The Labute approximate surface area is 188 Å². The van der Waals surface area contributed by atoms with Gasteiger partial charge in [-0.15, -0.1) is 0 Å². The van der Waals surface area contributed by atoms with Crippen LogP contribution in [0.25, 0.3) is 5.76 Å². The highest BCUT2D eigenvalue weighted by Gasteiger charge is 2.45. The quantitative estimate of drug-likeness (QED) is 0.261. The molecule has 7 nitrogen and oxygen atoms in total. The molecule has 0 saturated carbocycles. The lowest BCUT2D eigenvalue weighted by Crippen LogP contribution is -2.31. The fourth-order valence-corrected chi connectivity index (χ4v) is 3.78. The zero-order valence-corrected chi connectivity index (χ0v) is 18.7. The Morgan fingerprint density at radius 2 is 1.50 bits per heavy atom. The molecule has 3 rings (SSSR count). The van der Waals surface area contributed by atoms with Gasteiger partial charge in [0.2, 0.25) is 0 Å². The van der Waals surface area contributed by atoms with Gasteiger partial charge in [-0.05, 0) is 62.2 Å². The molecule has 170 valence electrons. The molecular weight excluding hydrogens is 410 g/mol. The Morgan fingerprint density at radius 3 is 2.03 bits per heavy atom. The Balaban J connectivity index is 2.04. The standard InChI is InChI=1S/C25H29NO6/c1-4-31-19-11-7-17(8-12-19)22-21(24(28)25(29)26(22)15-6-16-30-3)23(27)18-9-13-20(14-10-18)32-5-2/h7-14,22,27H,4-6,15-16H2,1-3H3. The number of hydrogen-bond donors (Lipinski definition) is 1. The third-order valence-electron chi connectivity index (χ3n) is 5.23. The van der Waals surface area contributed by atoms with E-state index in [1.807, 2.05) is 26.0 Å². The molecule has 1 atom stereocenters. The fourth-order valence-electron chi connectivity index (χ4n) is 3.78. The van der Waals surface area contributed by atoms with E-state index in [1.54, 1.807) is 43.5 Å². The van der Waals surface area contributed by atoms with Crippen LogP contribution in [0.15, 0.2) is 54.1 Å². The first-order valence-electron chi connectivity index (χ1n) is 10.7. The number of benzene rings is 2. The highest BCUT2D eigenvalue weighted by atomic mass is 16.5. The molecule has 1 amide bonds. The van der Waals surface area contributed by atoms with E-state index < -0.39 is 17.7 Å². The first kappa shape index (κ1) is 23.3. The molecule has 32 heavy (non-hydrogen) atoms. The van der Waals surface area contributed by atoms with E-state index in [2.05, 4.69) is 0 Å². The third kappa shape index (κ3) is 4.94. The van der Waals surface area contributed by atoms with Crippen molar-refractivity contribution in [1.82, 2.24) is 4.90 Å². The molecule has 1 aliphatic heterocycles. The number of carbonyl (C=O) groups excluding carboxylic acids is 2. The smallest absolute Gasteiger partial charge is 0.295 e. The Bertz CT molecular complexity index is 965. The predicted molar refractivity (Wildman–Crippen MR) is 121 cm³/mol. The molecule has 1 unspecified atom stereocenters. The number of amides is 1. The van der Waals surface area contributed by atoms with E-state index in [4.69, 9.17) is 14.2 Å². The third-order valence-corrected chi connectivity index (χ3v) is 5.23. The van der Waals surface area contributed by atoms with Crippen LogP contribution in [0.2, 0.25) is 0 Å². The SMILES string of the molecule is CCOc1ccc(C(O)=C2C(=O)C(=O)N(CCCOC)C2c2ccc(OCC)cc2)cc1. The van der Waals surface area contributed by atoms with Crippen molar-refractivity contribution in [1.29, 1.82) is 0 Å². The summed E-state index contributed by atoms with van der Waals surface area (Å²) in [7, 11) is 1.59. The van der Waals surface area contributed by atoms with E-state index in [9.17, 15) is 14.7 Å². The molecule has 1 N–H and O–H groups in total. The average Bonchev–Trinajstić information content (AvgIpc) is 3.05. The fraction of sp³-hybridized carbons (Fsp3) is 0.360. The van der Waals surface area contributed by atoms with Crippen molar-refractivity contribution in [3.05, 3.63) is 65.2 Å². The van der Waals surface area contributed by atoms with Gasteiger partial charge in [-0.2, -0.15) is 0 Å². The lowest BCUT2D eigenvalue weighted by molar-refractivity contribution is -0.140. The van der Waals surface area contributed by atoms with Crippen LogP contribution in [-0.4, -0.2) is 55.2 Å². The van der Waals surface area contributed by atoms with E-state index in [1.165, 1.54) is 4.90 Å². The van der Waals surface area contributed by atoms with Crippen molar-refractivity contribution < 1.29 is 28.9 Å². The van der Waals surface area contributed by atoms with Gasteiger partial charge < -0.3 is 24.2 Å². The largest absolute Gasteiger partial charge is 0.507 e. The van der Waals surface area contributed by atoms with Gasteiger partial charge in [0.15, 0.2) is 0 Å². The zero-order chi connectivity index (χ0) is 23.1. The number of ether oxygens (including phenoxy) is 3. The molecule has 1 saturated heterocycles. The van der Waals surface area contributed by atoms with Crippen molar-refractivity contribution >= 4 is 17.4 Å². The lowest BCUT2D eigenvalue weighted by atomic mass is 9.95. The number of ketones is 1. The summed E-state index contributed by atoms with van der Waals surface area (Å²) >= 11 is 0. The van der Waals surface area contributed by atoms with E-state index >= 15 is 0 Å². The number of hydrogen-bond acceptors (Lipinski definition) is 6. The monoisotopic (exact) mass is 439 g/mol. The normalized spacial score (nSPS) is 17.6. The minimum absolute atomic E-state index is 0.0701. The van der Waals surface area contributed by atoms with Gasteiger partial charge in [0.05, 0.1) is 24.8 Å². The summed E-state index contributed by atoms with van der Waals surface area (Å²) < 4.78 is 16.1. The maximum Gasteiger partial charge on any atom is 0.295 e. The van der Waals surface area contributed by atoms with Crippen molar-refractivity contribution in [2.45, 2.75) is 26.3 Å². The molecule has 0 radical (unpaired) electrons. The van der Waals surface area contributed by atoms with Gasteiger partial charge >= 0.3 is 0 Å². The Kier molecular flexibility index (Phi) is 7.89. The van der Waals surface area contributed by atoms with Gasteiger partial charge in [-0.1, -0.05) is 12.1 Å². The summed E-state index contributed by atoms with van der Waals surface area (Å²) in [6.45, 7) is 5.63. The van der Waals surface area contributed by atoms with Crippen LogP contribution in [0.5, 0.6) is 11.5 Å². The second-order valence-electron chi connectivity index (χ2n) is 7.30. The highest BCUT2D eigenvalue weighted by Crippen LogP contribution is 2.40. The molecule has 0 spiro atoms. The molecule has 2 aromatic rings. The molecule has 0 bridgehead atoms. The lowest BCUT2D eigenvalue weighted by Gasteiger charge is -2.25. The summed E-state index contributed by atoms with van der Waals surface area (Å²) in [4.78, 5) is 27.4. The summed E-state index contributed by atoms with van der Waals surface area (Å²) in [5, 5.41) is 11.1. The maximum atomic E-state index is 13.0. The number of aliphatic hydroxyl groups excluding tert-OH is 1. The molecule has 0 aromatic heterocycles. The van der Waals surface area contributed by atoms with Crippen molar-refractivity contribution in [2.75, 3.05) is 33.5 Å². The van der Waals surface area contributed by atoms with Gasteiger partial charge in [0.25, 0.3) is 11.7 Å². The van der Waals surface area contributed by atoms with Crippen molar-refractivity contribution in [2.24, 2.45) is 0 Å². The first-order valence-corrected chi connectivity index (χ1v) is 10.7. The number of Topliss-reactive ketones (excluding diaryl/α,β-unsaturated/α-hetero) is 1. The van der Waals surface area contributed by atoms with Gasteiger partial charge in [-0.3, -0.25) is 9.59 Å². The highest BCUT2D eigenvalue weighted by molar-refractivity contribution is 6.46. The van der Waals surface area contributed by atoms with Crippen molar-refractivity contribution in [3.63, 3.8) is 0 Å². The topological polar surface area (TPSA) is 85.3 Å². The molecule has 7 heteroatoms. The second-order valence-corrected chi connectivity index (χ2v) is 7.30. The molecule has 2 aromatic carbocycles.